The molecule has 0 fully saturated rings. The summed E-state index contributed by atoms with van der Waals surface area (Å²) in [6, 6.07) is 15.0. The van der Waals surface area contributed by atoms with Crippen molar-refractivity contribution in [2.24, 2.45) is 0 Å². The molecule has 0 saturated carbocycles. The van der Waals surface area contributed by atoms with Crippen molar-refractivity contribution >= 4 is 11.8 Å². The number of amides is 2. The first kappa shape index (κ1) is 20.6. The number of fused-ring (bicyclic) bond motifs is 1. The quantitative estimate of drug-likeness (QED) is 0.600. The highest BCUT2D eigenvalue weighted by atomic mass is 16.5. The van der Waals surface area contributed by atoms with Gasteiger partial charge in [0.05, 0.1) is 17.7 Å². The summed E-state index contributed by atoms with van der Waals surface area (Å²) >= 11 is 0. The molecule has 0 atom stereocenters. The molecule has 0 unspecified atom stereocenters. The van der Waals surface area contributed by atoms with Gasteiger partial charge in [0.25, 0.3) is 11.8 Å². The largest absolute Gasteiger partial charge is 0.494 e. The number of imide groups is 1. The van der Waals surface area contributed by atoms with E-state index < -0.39 is 0 Å². The number of rotatable bonds is 7. The highest BCUT2D eigenvalue weighted by molar-refractivity contribution is 6.21. The minimum Gasteiger partial charge on any atom is -0.494 e. The molecule has 2 aromatic rings. The maximum atomic E-state index is 12.2. The summed E-state index contributed by atoms with van der Waals surface area (Å²) in [5.41, 5.74) is 2.27. The van der Waals surface area contributed by atoms with Crippen LogP contribution in [-0.2, 0) is 6.42 Å². The maximum Gasteiger partial charge on any atom is 0.261 e. The van der Waals surface area contributed by atoms with Crippen LogP contribution < -0.4 is 10.1 Å². The number of nitrogens with one attached hydrogen (secondary N) is 1. The van der Waals surface area contributed by atoms with E-state index in [0.717, 1.165) is 25.0 Å². The van der Waals surface area contributed by atoms with Gasteiger partial charge in [0.2, 0.25) is 0 Å². The maximum absolute atomic E-state index is 12.2. The summed E-state index contributed by atoms with van der Waals surface area (Å²) in [5, 5.41) is 2.75. The van der Waals surface area contributed by atoms with Crippen LogP contribution in [0.5, 0.6) is 5.75 Å². The summed E-state index contributed by atoms with van der Waals surface area (Å²) in [5.74, 6) is 0.495. The van der Waals surface area contributed by atoms with Gasteiger partial charge in [-0.05, 0) is 63.2 Å². The summed E-state index contributed by atoms with van der Waals surface area (Å²) in [6.07, 6.45) is 2.51. The molecule has 2 aromatic carbocycles. The lowest BCUT2D eigenvalue weighted by atomic mass is 10.1. The average Bonchev–Trinajstić information content (AvgIpc) is 2.93. The van der Waals surface area contributed by atoms with Crippen molar-refractivity contribution in [2.45, 2.75) is 26.2 Å². The molecule has 0 saturated heterocycles. The van der Waals surface area contributed by atoms with E-state index in [1.165, 1.54) is 10.5 Å². The Bertz CT molecular complexity index is 739. The van der Waals surface area contributed by atoms with Crippen molar-refractivity contribution in [1.29, 1.82) is 0 Å². The summed E-state index contributed by atoms with van der Waals surface area (Å²) in [6.45, 7) is 3.13. The predicted octanol–water partition coefficient (Wildman–Crippen LogP) is 3.54. The molecule has 0 aliphatic carbocycles. The van der Waals surface area contributed by atoms with Crippen molar-refractivity contribution in [1.82, 2.24) is 10.2 Å². The lowest BCUT2D eigenvalue weighted by molar-refractivity contribution is 0.0649. The highest BCUT2D eigenvalue weighted by Crippen LogP contribution is 2.22. The second-order valence-corrected chi connectivity index (χ2v) is 6.36. The number of unbranched alkanes of at least 4 members (excludes halogenated alkanes) is 1. The van der Waals surface area contributed by atoms with Crippen LogP contribution in [0, 0.1) is 0 Å². The Kier molecular flexibility index (Phi) is 8.01. The van der Waals surface area contributed by atoms with Gasteiger partial charge in [0, 0.05) is 6.54 Å². The second kappa shape index (κ2) is 10.5. The van der Waals surface area contributed by atoms with E-state index in [1.807, 2.05) is 32.3 Å². The molecule has 1 aliphatic rings. The zero-order valence-electron chi connectivity index (χ0n) is 16.3. The molecule has 1 aliphatic heterocycles. The molecule has 144 valence electrons. The fourth-order valence-corrected chi connectivity index (χ4v) is 2.86. The molecule has 0 radical (unpaired) electrons. The smallest absolute Gasteiger partial charge is 0.261 e. The fraction of sp³-hybridized carbons (Fsp3) is 0.364. The third kappa shape index (κ3) is 5.41. The molecule has 0 aromatic heterocycles. The van der Waals surface area contributed by atoms with Crippen LogP contribution in [0.1, 0.15) is 46.0 Å². The van der Waals surface area contributed by atoms with Crippen molar-refractivity contribution in [3.63, 3.8) is 0 Å². The summed E-state index contributed by atoms with van der Waals surface area (Å²) in [4.78, 5) is 25.8. The molecule has 5 heteroatoms. The van der Waals surface area contributed by atoms with Crippen molar-refractivity contribution < 1.29 is 14.3 Å². The minimum atomic E-state index is -0.188. The van der Waals surface area contributed by atoms with Gasteiger partial charge in [-0.25, -0.2) is 0 Å². The first-order chi connectivity index (χ1) is 13.1. The monoisotopic (exact) mass is 368 g/mol. The van der Waals surface area contributed by atoms with Gasteiger partial charge in [-0.3, -0.25) is 14.5 Å². The van der Waals surface area contributed by atoms with Crippen molar-refractivity contribution in [2.75, 3.05) is 27.2 Å². The van der Waals surface area contributed by atoms with Crippen LogP contribution in [0.25, 0.3) is 0 Å². The van der Waals surface area contributed by atoms with Gasteiger partial charge in [-0.2, -0.15) is 0 Å². The lowest BCUT2D eigenvalue weighted by Crippen LogP contribution is -2.30. The number of ether oxygens (including phenoxy) is 1. The molecule has 5 nitrogen and oxygen atoms in total. The van der Waals surface area contributed by atoms with Crippen LogP contribution >= 0.6 is 0 Å². The Balaban J connectivity index is 0.000000817. The molecular weight excluding hydrogens is 340 g/mol. The Labute approximate surface area is 161 Å². The third-order valence-corrected chi connectivity index (χ3v) is 4.23. The fourth-order valence-electron chi connectivity index (χ4n) is 2.86. The van der Waals surface area contributed by atoms with Gasteiger partial charge >= 0.3 is 0 Å². The predicted molar refractivity (Wildman–Crippen MR) is 107 cm³/mol. The number of hydrogen-bond acceptors (Lipinski definition) is 4. The van der Waals surface area contributed by atoms with E-state index in [9.17, 15) is 9.59 Å². The van der Waals surface area contributed by atoms with Crippen molar-refractivity contribution in [3.8, 4) is 5.75 Å². The van der Waals surface area contributed by atoms with Crippen LogP contribution in [0.4, 0.5) is 0 Å². The van der Waals surface area contributed by atoms with Gasteiger partial charge < -0.3 is 10.1 Å². The summed E-state index contributed by atoms with van der Waals surface area (Å²) < 4.78 is 5.74. The minimum absolute atomic E-state index is 0.188. The molecule has 27 heavy (non-hydrogen) atoms. The Morgan fingerprint density at radius 2 is 1.56 bits per heavy atom. The SMILES string of the molecule is CCc1cccc(OCCCCN2C(=O)c3ccccc3C2=O)c1.CNC. The Morgan fingerprint density at radius 3 is 2.15 bits per heavy atom. The van der Waals surface area contributed by atoms with Gasteiger partial charge in [-0.1, -0.05) is 31.2 Å². The number of benzene rings is 2. The van der Waals surface area contributed by atoms with Crippen LogP contribution in [0.2, 0.25) is 0 Å². The number of carbonyl (C=O) groups excluding carboxylic acids is 2. The third-order valence-electron chi connectivity index (χ3n) is 4.23. The number of aryl methyl sites for hydroxylation is 1. The zero-order valence-corrected chi connectivity index (χ0v) is 16.3. The van der Waals surface area contributed by atoms with Crippen LogP contribution in [0.15, 0.2) is 48.5 Å². The normalized spacial score (nSPS) is 12.5. The summed E-state index contributed by atoms with van der Waals surface area (Å²) in [7, 11) is 3.75. The molecular formula is C22H28N2O3. The molecule has 0 spiro atoms. The van der Waals surface area contributed by atoms with Gasteiger partial charge in [0.1, 0.15) is 5.75 Å². The molecule has 2 amide bonds. The van der Waals surface area contributed by atoms with E-state index in [0.29, 0.717) is 24.3 Å². The molecule has 0 bridgehead atoms. The number of carbonyl (C=O) groups is 2. The molecule has 1 N–H and O–H groups in total. The van der Waals surface area contributed by atoms with Crippen LogP contribution in [0.3, 0.4) is 0 Å². The number of hydrogen-bond donors (Lipinski definition) is 1. The van der Waals surface area contributed by atoms with E-state index in [4.69, 9.17) is 4.74 Å². The van der Waals surface area contributed by atoms with E-state index in [-0.39, 0.29) is 11.8 Å². The zero-order chi connectivity index (χ0) is 19.6. The highest BCUT2D eigenvalue weighted by Gasteiger charge is 2.34. The van der Waals surface area contributed by atoms with E-state index >= 15 is 0 Å². The topological polar surface area (TPSA) is 58.6 Å². The first-order valence-corrected chi connectivity index (χ1v) is 9.37. The Morgan fingerprint density at radius 1 is 0.926 bits per heavy atom. The average molecular weight is 368 g/mol. The lowest BCUT2D eigenvalue weighted by Gasteiger charge is -2.13. The number of nitrogens with zero attached hydrogens (tertiary/aromatic N) is 1. The van der Waals surface area contributed by atoms with Gasteiger partial charge in [0.15, 0.2) is 0 Å². The van der Waals surface area contributed by atoms with Crippen molar-refractivity contribution in [3.05, 3.63) is 65.2 Å². The standard InChI is InChI=1S/C20H21NO3.C2H7N/c1-2-15-8-7-9-16(14-15)24-13-6-5-12-21-19(22)17-10-3-4-11-18(17)20(21)23;1-3-2/h3-4,7-11,14H,2,5-6,12-13H2,1H3;3H,1-2H3. The van der Waals surface area contributed by atoms with Crippen LogP contribution in [-0.4, -0.2) is 44.0 Å². The molecule has 3 rings (SSSR count). The molecule has 1 heterocycles. The second-order valence-electron chi connectivity index (χ2n) is 6.36. The first-order valence-electron chi connectivity index (χ1n) is 9.37. The van der Waals surface area contributed by atoms with E-state index in [1.54, 1.807) is 24.3 Å². The van der Waals surface area contributed by atoms with Gasteiger partial charge in [-0.15, -0.1) is 0 Å². The van der Waals surface area contributed by atoms with E-state index in [2.05, 4.69) is 18.3 Å². The Hall–Kier alpha value is -2.66.